The van der Waals surface area contributed by atoms with E-state index in [9.17, 15) is 0 Å². The van der Waals surface area contributed by atoms with E-state index in [0.717, 1.165) is 18.4 Å². The molecule has 1 aliphatic carbocycles. The van der Waals surface area contributed by atoms with Crippen molar-refractivity contribution in [2.45, 2.75) is 19.8 Å². The van der Waals surface area contributed by atoms with Gasteiger partial charge in [-0.25, -0.2) is 0 Å². The lowest BCUT2D eigenvalue weighted by Crippen LogP contribution is -1.94. The molecule has 0 saturated carbocycles. The van der Waals surface area contributed by atoms with Crippen molar-refractivity contribution in [3.8, 4) is 0 Å². The lowest BCUT2D eigenvalue weighted by atomic mass is 9.98. The van der Waals surface area contributed by atoms with Gasteiger partial charge in [0.05, 0.1) is 5.76 Å². The summed E-state index contributed by atoms with van der Waals surface area (Å²) in [5, 5.41) is 9.11. The molecule has 10 heavy (non-hydrogen) atoms. The van der Waals surface area contributed by atoms with Gasteiger partial charge in [0.25, 0.3) is 0 Å². The fourth-order valence-corrected chi connectivity index (χ4v) is 1.07. The third-order valence-electron chi connectivity index (χ3n) is 1.79. The number of allylic oxidation sites excluding steroid dienone is 5. The molecule has 0 bridgehead atoms. The third kappa shape index (κ3) is 1.29. The van der Waals surface area contributed by atoms with E-state index in [4.69, 9.17) is 5.11 Å². The fourth-order valence-electron chi connectivity index (χ4n) is 1.07. The van der Waals surface area contributed by atoms with Crippen molar-refractivity contribution in [2.24, 2.45) is 0 Å². The quantitative estimate of drug-likeness (QED) is 0.587. The van der Waals surface area contributed by atoms with Gasteiger partial charge in [-0.15, -0.1) is 0 Å². The van der Waals surface area contributed by atoms with Crippen LogP contribution in [0.3, 0.4) is 0 Å². The Morgan fingerprint density at radius 1 is 1.60 bits per heavy atom. The standard InChI is InChI=1S/C9H12O/c1-3-8-6-9(10)5-4-7(8)2/h3,6,10H,1,4-5H2,2H3. The molecule has 0 aromatic rings. The molecule has 0 spiro atoms. The highest BCUT2D eigenvalue weighted by Gasteiger charge is 2.05. The molecule has 0 unspecified atom stereocenters. The van der Waals surface area contributed by atoms with Crippen molar-refractivity contribution in [3.05, 3.63) is 35.6 Å². The van der Waals surface area contributed by atoms with E-state index >= 15 is 0 Å². The average Bonchev–Trinajstić information content (AvgIpc) is 1.94. The van der Waals surface area contributed by atoms with Crippen molar-refractivity contribution in [2.75, 3.05) is 0 Å². The van der Waals surface area contributed by atoms with Crippen LogP contribution >= 0.6 is 0 Å². The Morgan fingerprint density at radius 2 is 2.30 bits per heavy atom. The van der Waals surface area contributed by atoms with Gasteiger partial charge in [0.1, 0.15) is 0 Å². The first-order valence-electron chi connectivity index (χ1n) is 3.45. The minimum Gasteiger partial charge on any atom is -0.512 e. The van der Waals surface area contributed by atoms with Gasteiger partial charge < -0.3 is 5.11 Å². The zero-order chi connectivity index (χ0) is 7.56. The summed E-state index contributed by atoms with van der Waals surface area (Å²) in [7, 11) is 0. The van der Waals surface area contributed by atoms with Crippen molar-refractivity contribution >= 4 is 0 Å². The van der Waals surface area contributed by atoms with Crippen LogP contribution in [0.15, 0.2) is 35.6 Å². The first-order chi connectivity index (χ1) is 4.74. The Bertz CT molecular complexity index is 209. The van der Waals surface area contributed by atoms with Crippen molar-refractivity contribution in [1.82, 2.24) is 0 Å². The van der Waals surface area contributed by atoms with E-state index in [2.05, 4.69) is 13.5 Å². The van der Waals surface area contributed by atoms with Gasteiger partial charge in [-0.3, -0.25) is 0 Å². The molecule has 54 valence electrons. The van der Waals surface area contributed by atoms with Crippen LogP contribution in [0.25, 0.3) is 0 Å². The van der Waals surface area contributed by atoms with Crippen LogP contribution in [-0.2, 0) is 0 Å². The van der Waals surface area contributed by atoms with Crippen LogP contribution in [0, 0.1) is 0 Å². The van der Waals surface area contributed by atoms with Gasteiger partial charge >= 0.3 is 0 Å². The Labute approximate surface area is 61.4 Å². The number of aliphatic hydroxyl groups excluding tert-OH is 1. The maximum atomic E-state index is 9.11. The SMILES string of the molecule is C=CC1=C(C)CCC(O)=C1. The zero-order valence-corrected chi connectivity index (χ0v) is 6.22. The molecule has 1 nitrogen and oxygen atoms in total. The summed E-state index contributed by atoms with van der Waals surface area (Å²) in [4.78, 5) is 0. The topological polar surface area (TPSA) is 20.2 Å². The molecular weight excluding hydrogens is 124 g/mol. The van der Waals surface area contributed by atoms with Crippen LogP contribution < -0.4 is 0 Å². The molecular formula is C9H12O. The Morgan fingerprint density at radius 3 is 2.80 bits per heavy atom. The van der Waals surface area contributed by atoms with E-state index in [0.29, 0.717) is 5.76 Å². The smallest absolute Gasteiger partial charge is 0.0931 e. The molecule has 1 rings (SSSR count). The van der Waals surface area contributed by atoms with Gasteiger partial charge in [0, 0.05) is 6.42 Å². The zero-order valence-electron chi connectivity index (χ0n) is 6.22. The Hall–Kier alpha value is -0.980. The van der Waals surface area contributed by atoms with E-state index < -0.39 is 0 Å². The number of aliphatic hydroxyl groups is 1. The van der Waals surface area contributed by atoms with Crippen LogP contribution in [-0.4, -0.2) is 5.11 Å². The highest BCUT2D eigenvalue weighted by atomic mass is 16.3. The molecule has 0 saturated heterocycles. The molecule has 0 aromatic carbocycles. The number of hydrogen-bond donors (Lipinski definition) is 1. The molecule has 0 aromatic heterocycles. The molecule has 0 aliphatic heterocycles. The van der Waals surface area contributed by atoms with Gasteiger partial charge in [0.15, 0.2) is 0 Å². The number of rotatable bonds is 1. The third-order valence-corrected chi connectivity index (χ3v) is 1.79. The van der Waals surface area contributed by atoms with Crippen molar-refractivity contribution < 1.29 is 5.11 Å². The Balaban J connectivity index is 2.92. The Kier molecular flexibility index (Phi) is 1.95. The van der Waals surface area contributed by atoms with Gasteiger partial charge in [-0.1, -0.05) is 18.2 Å². The summed E-state index contributed by atoms with van der Waals surface area (Å²) in [6.45, 7) is 5.73. The summed E-state index contributed by atoms with van der Waals surface area (Å²) in [6, 6.07) is 0. The second-order valence-electron chi connectivity index (χ2n) is 2.58. The van der Waals surface area contributed by atoms with Gasteiger partial charge in [-0.05, 0) is 25.0 Å². The summed E-state index contributed by atoms with van der Waals surface area (Å²) in [5.41, 5.74) is 2.39. The first-order valence-corrected chi connectivity index (χ1v) is 3.45. The molecule has 0 atom stereocenters. The van der Waals surface area contributed by atoms with Gasteiger partial charge in [-0.2, -0.15) is 0 Å². The predicted molar refractivity (Wildman–Crippen MR) is 42.8 cm³/mol. The van der Waals surface area contributed by atoms with Crippen molar-refractivity contribution in [3.63, 3.8) is 0 Å². The summed E-state index contributed by atoms with van der Waals surface area (Å²) < 4.78 is 0. The first kappa shape index (κ1) is 7.13. The predicted octanol–water partition coefficient (Wildman–Crippen LogP) is 2.72. The summed E-state index contributed by atoms with van der Waals surface area (Å²) in [6.07, 6.45) is 5.31. The second-order valence-corrected chi connectivity index (χ2v) is 2.58. The van der Waals surface area contributed by atoms with E-state index in [-0.39, 0.29) is 0 Å². The molecule has 0 fully saturated rings. The van der Waals surface area contributed by atoms with E-state index in [1.807, 2.05) is 0 Å². The molecule has 1 N–H and O–H groups in total. The minimum atomic E-state index is 0.473. The van der Waals surface area contributed by atoms with Crippen LogP contribution in [0.4, 0.5) is 0 Å². The molecule has 0 amide bonds. The molecule has 0 radical (unpaired) electrons. The minimum absolute atomic E-state index is 0.473. The van der Waals surface area contributed by atoms with Crippen LogP contribution in [0.2, 0.25) is 0 Å². The van der Waals surface area contributed by atoms with E-state index in [1.165, 1.54) is 5.57 Å². The summed E-state index contributed by atoms with van der Waals surface area (Å²) >= 11 is 0. The lowest BCUT2D eigenvalue weighted by molar-refractivity contribution is 0.385. The molecule has 1 aliphatic rings. The second kappa shape index (κ2) is 2.74. The highest BCUT2D eigenvalue weighted by Crippen LogP contribution is 2.22. The van der Waals surface area contributed by atoms with Gasteiger partial charge in [0.2, 0.25) is 0 Å². The normalized spacial score (nSPS) is 18.7. The molecule has 1 heteroatoms. The van der Waals surface area contributed by atoms with Crippen LogP contribution in [0.5, 0.6) is 0 Å². The average molecular weight is 136 g/mol. The largest absolute Gasteiger partial charge is 0.512 e. The maximum Gasteiger partial charge on any atom is 0.0931 e. The maximum absolute atomic E-state index is 9.11. The lowest BCUT2D eigenvalue weighted by Gasteiger charge is -2.10. The van der Waals surface area contributed by atoms with E-state index in [1.54, 1.807) is 12.2 Å². The van der Waals surface area contributed by atoms with Crippen molar-refractivity contribution in [1.29, 1.82) is 0 Å². The monoisotopic (exact) mass is 136 g/mol. The summed E-state index contributed by atoms with van der Waals surface area (Å²) in [5.74, 6) is 0.473. The molecule has 0 heterocycles. The fraction of sp³-hybridized carbons (Fsp3) is 0.333. The van der Waals surface area contributed by atoms with Crippen LogP contribution in [0.1, 0.15) is 19.8 Å². The highest BCUT2D eigenvalue weighted by molar-refractivity contribution is 5.37. The number of hydrogen-bond acceptors (Lipinski definition) is 1.